The molecule has 0 spiro atoms. The Hall–Kier alpha value is -2.27. The Morgan fingerprint density at radius 2 is 2.10 bits per heavy atom. The van der Waals surface area contributed by atoms with Gasteiger partial charge in [0.25, 0.3) is 5.91 Å². The van der Waals surface area contributed by atoms with E-state index in [2.05, 4.69) is 5.32 Å². The summed E-state index contributed by atoms with van der Waals surface area (Å²) in [6.45, 7) is 2.29. The van der Waals surface area contributed by atoms with Crippen LogP contribution in [0, 0.1) is 5.82 Å². The summed E-state index contributed by atoms with van der Waals surface area (Å²) in [7, 11) is 0. The first-order chi connectivity index (χ1) is 10.0. The maximum absolute atomic E-state index is 13.1. The lowest BCUT2D eigenvalue weighted by Gasteiger charge is -2.12. The number of carbonyl (C=O) groups excluding carboxylic acids is 1. The van der Waals surface area contributed by atoms with Crippen molar-refractivity contribution in [3.05, 3.63) is 52.8 Å². The van der Waals surface area contributed by atoms with Gasteiger partial charge in [-0.15, -0.1) is 0 Å². The Morgan fingerprint density at radius 3 is 2.76 bits per heavy atom. The van der Waals surface area contributed by atoms with E-state index in [1.54, 1.807) is 18.2 Å². The molecule has 2 rings (SSSR count). The van der Waals surface area contributed by atoms with Crippen molar-refractivity contribution in [3.8, 4) is 5.75 Å². The summed E-state index contributed by atoms with van der Waals surface area (Å²) in [4.78, 5) is 12.2. The SMILES string of the molecule is CCOc1ccc(Cl)cc1NC(=O)c1ccc(F)c(N)c1. The number of anilines is 2. The predicted octanol–water partition coefficient (Wildman–Crippen LogP) is 3.71. The normalized spacial score (nSPS) is 10.2. The molecule has 6 heteroatoms. The van der Waals surface area contributed by atoms with E-state index in [4.69, 9.17) is 22.1 Å². The second-order valence-corrected chi connectivity index (χ2v) is 4.70. The summed E-state index contributed by atoms with van der Waals surface area (Å²) in [5.74, 6) is -0.487. The van der Waals surface area contributed by atoms with Crippen LogP contribution in [0.1, 0.15) is 17.3 Å². The summed E-state index contributed by atoms with van der Waals surface area (Å²) >= 11 is 5.92. The van der Waals surface area contributed by atoms with Crippen molar-refractivity contribution >= 4 is 28.9 Å². The summed E-state index contributed by atoms with van der Waals surface area (Å²) in [5, 5.41) is 3.14. The van der Waals surface area contributed by atoms with Crippen molar-refractivity contribution in [2.45, 2.75) is 6.92 Å². The van der Waals surface area contributed by atoms with Crippen LogP contribution in [-0.4, -0.2) is 12.5 Å². The molecular weight excluding hydrogens is 295 g/mol. The summed E-state index contributed by atoms with van der Waals surface area (Å²) < 4.78 is 18.5. The van der Waals surface area contributed by atoms with Crippen molar-refractivity contribution in [1.82, 2.24) is 0 Å². The van der Waals surface area contributed by atoms with Crippen molar-refractivity contribution < 1.29 is 13.9 Å². The van der Waals surface area contributed by atoms with Crippen LogP contribution < -0.4 is 15.8 Å². The molecule has 0 heterocycles. The van der Waals surface area contributed by atoms with E-state index in [0.29, 0.717) is 23.1 Å². The van der Waals surface area contributed by atoms with Crippen molar-refractivity contribution in [2.75, 3.05) is 17.7 Å². The molecule has 2 aromatic rings. The topological polar surface area (TPSA) is 64.3 Å². The minimum atomic E-state index is -0.565. The highest BCUT2D eigenvalue weighted by Crippen LogP contribution is 2.28. The first-order valence-electron chi connectivity index (χ1n) is 6.30. The molecular formula is C15H14ClFN2O2. The number of nitrogens with one attached hydrogen (secondary N) is 1. The maximum Gasteiger partial charge on any atom is 0.255 e. The van der Waals surface area contributed by atoms with E-state index >= 15 is 0 Å². The largest absolute Gasteiger partial charge is 0.492 e. The van der Waals surface area contributed by atoms with Crippen LogP contribution in [0.15, 0.2) is 36.4 Å². The highest BCUT2D eigenvalue weighted by Gasteiger charge is 2.12. The number of rotatable bonds is 4. The van der Waals surface area contributed by atoms with Gasteiger partial charge in [0, 0.05) is 10.6 Å². The molecule has 0 radical (unpaired) electrons. The molecule has 2 aromatic carbocycles. The Balaban J connectivity index is 2.26. The standard InChI is InChI=1S/C15H14ClFN2O2/c1-2-21-14-6-4-10(16)8-13(14)19-15(20)9-3-5-11(17)12(18)7-9/h3-8H,2,18H2,1H3,(H,19,20). The third kappa shape index (κ3) is 3.64. The number of hydrogen-bond acceptors (Lipinski definition) is 3. The van der Waals surface area contributed by atoms with Crippen LogP contribution in [-0.2, 0) is 0 Å². The van der Waals surface area contributed by atoms with Gasteiger partial charge in [0.2, 0.25) is 0 Å². The lowest BCUT2D eigenvalue weighted by molar-refractivity contribution is 0.102. The van der Waals surface area contributed by atoms with Crippen LogP contribution in [0.4, 0.5) is 15.8 Å². The van der Waals surface area contributed by atoms with Crippen LogP contribution in [0.2, 0.25) is 5.02 Å². The molecule has 0 saturated carbocycles. The average Bonchev–Trinajstić information content (AvgIpc) is 2.45. The molecule has 3 N–H and O–H groups in total. The summed E-state index contributed by atoms with van der Waals surface area (Å²) in [5.41, 5.74) is 6.06. The van der Waals surface area contributed by atoms with Crippen molar-refractivity contribution in [1.29, 1.82) is 0 Å². The van der Waals surface area contributed by atoms with Crippen LogP contribution >= 0.6 is 11.6 Å². The van der Waals surface area contributed by atoms with Crippen molar-refractivity contribution in [2.24, 2.45) is 0 Å². The zero-order chi connectivity index (χ0) is 15.4. The zero-order valence-electron chi connectivity index (χ0n) is 11.3. The zero-order valence-corrected chi connectivity index (χ0v) is 12.1. The number of nitrogen functional groups attached to an aromatic ring is 1. The molecule has 0 saturated heterocycles. The minimum absolute atomic E-state index is 0.0845. The van der Waals surface area contributed by atoms with Gasteiger partial charge in [-0.2, -0.15) is 0 Å². The number of hydrogen-bond donors (Lipinski definition) is 2. The third-order valence-corrected chi connectivity index (χ3v) is 2.98. The van der Waals surface area contributed by atoms with Gasteiger partial charge in [-0.05, 0) is 43.3 Å². The van der Waals surface area contributed by atoms with Gasteiger partial charge in [0.05, 0.1) is 18.0 Å². The quantitative estimate of drug-likeness (QED) is 0.846. The van der Waals surface area contributed by atoms with Crippen molar-refractivity contribution in [3.63, 3.8) is 0 Å². The molecule has 4 nitrogen and oxygen atoms in total. The van der Waals surface area contributed by atoms with Gasteiger partial charge in [-0.25, -0.2) is 4.39 Å². The fraction of sp³-hybridized carbons (Fsp3) is 0.133. The van der Waals surface area contributed by atoms with Crippen LogP contribution in [0.25, 0.3) is 0 Å². The molecule has 0 atom stereocenters. The van der Waals surface area contributed by atoms with E-state index < -0.39 is 11.7 Å². The van der Waals surface area contributed by atoms with Crippen LogP contribution in [0.3, 0.4) is 0 Å². The molecule has 0 aliphatic heterocycles. The Morgan fingerprint density at radius 1 is 1.33 bits per heavy atom. The Bertz CT molecular complexity index is 677. The van der Waals surface area contributed by atoms with Gasteiger partial charge >= 0.3 is 0 Å². The number of nitrogens with two attached hydrogens (primary N) is 1. The average molecular weight is 309 g/mol. The number of amides is 1. The first kappa shape index (κ1) is 15.1. The predicted molar refractivity (Wildman–Crippen MR) is 81.4 cm³/mol. The molecule has 0 bridgehead atoms. The van der Waals surface area contributed by atoms with E-state index in [-0.39, 0.29) is 11.3 Å². The molecule has 0 aliphatic rings. The number of carbonyl (C=O) groups is 1. The lowest BCUT2D eigenvalue weighted by atomic mass is 10.1. The summed E-state index contributed by atoms with van der Waals surface area (Å²) in [6, 6.07) is 8.68. The lowest BCUT2D eigenvalue weighted by Crippen LogP contribution is -2.13. The Kier molecular flexibility index (Phi) is 4.65. The highest BCUT2D eigenvalue weighted by atomic mass is 35.5. The molecule has 0 aliphatic carbocycles. The third-order valence-electron chi connectivity index (χ3n) is 2.75. The smallest absolute Gasteiger partial charge is 0.255 e. The van der Waals surface area contributed by atoms with E-state index in [1.165, 1.54) is 12.1 Å². The maximum atomic E-state index is 13.1. The minimum Gasteiger partial charge on any atom is -0.492 e. The molecule has 1 amide bonds. The fourth-order valence-electron chi connectivity index (χ4n) is 1.76. The van der Waals surface area contributed by atoms with Gasteiger partial charge in [0.1, 0.15) is 11.6 Å². The molecule has 21 heavy (non-hydrogen) atoms. The second kappa shape index (κ2) is 6.45. The number of halogens is 2. The molecule has 0 aromatic heterocycles. The van der Waals surface area contributed by atoms with E-state index in [1.807, 2.05) is 6.92 Å². The molecule has 0 unspecified atom stereocenters. The monoisotopic (exact) mass is 308 g/mol. The molecule has 0 fully saturated rings. The fourth-order valence-corrected chi connectivity index (χ4v) is 1.93. The summed E-state index contributed by atoms with van der Waals surface area (Å²) in [6.07, 6.45) is 0. The molecule has 110 valence electrons. The highest BCUT2D eigenvalue weighted by molar-refractivity contribution is 6.31. The Labute approximate surface area is 126 Å². The van der Waals surface area contributed by atoms with Gasteiger partial charge < -0.3 is 15.8 Å². The van der Waals surface area contributed by atoms with Gasteiger partial charge in [-0.3, -0.25) is 4.79 Å². The van der Waals surface area contributed by atoms with Gasteiger partial charge in [-0.1, -0.05) is 11.6 Å². The van der Waals surface area contributed by atoms with Gasteiger partial charge in [0.15, 0.2) is 0 Å². The van der Waals surface area contributed by atoms with E-state index in [9.17, 15) is 9.18 Å². The van der Waals surface area contributed by atoms with E-state index in [0.717, 1.165) is 6.07 Å². The number of benzene rings is 2. The number of ether oxygens (including phenoxy) is 1. The van der Waals surface area contributed by atoms with Crippen LogP contribution in [0.5, 0.6) is 5.75 Å². The second-order valence-electron chi connectivity index (χ2n) is 4.26. The first-order valence-corrected chi connectivity index (χ1v) is 6.67.